The fraction of sp³-hybridized carbons (Fsp3) is 0.500. The van der Waals surface area contributed by atoms with E-state index >= 15 is 0 Å². The van der Waals surface area contributed by atoms with Crippen molar-refractivity contribution in [3.63, 3.8) is 0 Å². The van der Waals surface area contributed by atoms with Crippen molar-refractivity contribution in [1.82, 2.24) is 4.98 Å². The van der Waals surface area contributed by atoms with Crippen LogP contribution in [0.5, 0.6) is 0 Å². The number of pyridine rings is 1. The number of anilines is 1. The Labute approximate surface area is 121 Å². The van der Waals surface area contributed by atoms with Gasteiger partial charge in [0.1, 0.15) is 5.82 Å². The van der Waals surface area contributed by atoms with Gasteiger partial charge in [-0.3, -0.25) is 0 Å². The minimum atomic E-state index is -0.929. The first kappa shape index (κ1) is 16.2. The molecule has 0 bridgehead atoms. The van der Waals surface area contributed by atoms with E-state index in [-0.39, 0.29) is 17.0 Å². The second kappa shape index (κ2) is 6.07. The third kappa shape index (κ3) is 3.83. The fourth-order valence-electron chi connectivity index (χ4n) is 1.88. The maximum Gasteiger partial charge on any atom is 0.335 e. The van der Waals surface area contributed by atoms with Gasteiger partial charge in [-0.15, -0.1) is 6.58 Å². The number of carboxylic acids is 1. The molecule has 0 aliphatic rings. The van der Waals surface area contributed by atoms with Crippen LogP contribution in [0.1, 0.15) is 50.7 Å². The molecule has 1 aromatic heterocycles. The summed E-state index contributed by atoms with van der Waals surface area (Å²) in [5.74, 6) is -0.244. The van der Waals surface area contributed by atoms with Crippen LogP contribution in [0.15, 0.2) is 24.8 Å². The molecule has 0 spiro atoms. The minimum Gasteiger partial charge on any atom is -0.478 e. The molecule has 0 radical (unpaired) electrons. The van der Waals surface area contributed by atoms with Crippen molar-refractivity contribution in [3.05, 3.63) is 36.0 Å². The zero-order valence-electron chi connectivity index (χ0n) is 13.0. The number of aromatic nitrogens is 1. The first-order valence-corrected chi connectivity index (χ1v) is 6.80. The molecule has 4 nitrogen and oxygen atoms in total. The van der Waals surface area contributed by atoms with Crippen molar-refractivity contribution in [3.8, 4) is 0 Å². The molecule has 0 atom stereocenters. The lowest BCUT2D eigenvalue weighted by atomic mass is 9.90. The van der Waals surface area contributed by atoms with Gasteiger partial charge in [-0.1, -0.05) is 26.8 Å². The first-order chi connectivity index (χ1) is 9.16. The van der Waals surface area contributed by atoms with Gasteiger partial charge in [-0.05, 0) is 26.0 Å². The molecule has 0 aromatic carbocycles. The summed E-state index contributed by atoms with van der Waals surface area (Å²) in [4.78, 5) is 18.0. The van der Waals surface area contributed by atoms with E-state index in [1.54, 1.807) is 18.2 Å². The Balaban J connectivity index is 3.41. The highest BCUT2D eigenvalue weighted by molar-refractivity contribution is 5.88. The Morgan fingerprint density at radius 3 is 2.45 bits per heavy atom. The molecule has 0 saturated heterocycles. The third-order valence-electron chi connectivity index (χ3n) is 3.07. The highest BCUT2D eigenvalue weighted by atomic mass is 16.4. The van der Waals surface area contributed by atoms with Crippen LogP contribution in [0.2, 0.25) is 0 Å². The van der Waals surface area contributed by atoms with Crippen molar-refractivity contribution in [2.24, 2.45) is 0 Å². The monoisotopic (exact) mass is 276 g/mol. The first-order valence-electron chi connectivity index (χ1n) is 6.80. The van der Waals surface area contributed by atoms with E-state index in [2.05, 4.69) is 25.4 Å². The molecule has 0 fully saturated rings. The van der Waals surface area contributed by atoms with E-state index in [1.807, 2.05) is 25.7 Å². The topological polar surface area (TPSA) is 53.4 Å². The van der Waals surface area contributed by atoms with Crippen molar-refractivity contribution in [2.75, 3.05) is 11.4 Å². The van der Waals surface area contributed by atoms with Crippen LogP contribution < -0.4 is 4.90 Å². The molecule has 0 unspecified atom stereocenters. The summed E-state index contributed by atoms with van der Waals surface area (Å²) in [6, 6.07) is 3.50. The van der Waals surface area contributed by atoms with Gasteiger partial charge in [0.15, 0.2) is 0 Å². The number of hydrogen-bond donors (Lipinski definition) is 1. The Morgan fingerprint density at radius 1 is 1.45 bits per heavy atom. The van der Waals surface area contributed by atoms with E-state index in [4.69, 9.17) is 0 Å². The number of rotatable bonds is 5. The molecule has 1 heterocycles. The van der Waals surface area contributed by atoms with Crippen molar-refractivity contribution in [2.45, 2.75) is 46.1 Å². The van der Waals surface area contributed by atoms with Gasteiger partial charge < -0.3 is 10.0 Å². The molecule has 0 saturated carbocycles. The lowest BCUT2D eigenvalue weighted by Crippen LogP contribution is -2.32. The molecule has 0 aliphatic heterocycles. The highest BCUT2D eigenvalue weighted by Crippen LogP contribution is 2.25. The standard InChI is InChI=1S/C16H24N2O2/c1-7-8-18(11(2)3)14-10-12(15(19)20)9-13(17-14)16(4,5)6/h7,9-11H,1,8H2,2-6H3,(H,19,20). The Kier molecular flexibility index (Phi) is 4.93. The minimum absolute atomic E-state index is 0.197. The lowest BCUT2D eigenvalue weighted by Gasteiger charge is -2.29. The Bertz CT molecular complexity index is 502. The van der Waals surface area contributed by atoms with Gasteiger partial charge in [0.2, 0.25) is 0 Å². The van der Waals surface area contributed by atoms with E-state index in [9.17, 15) is 9.90 Å². The molecular weight excluding hydrogens is 252 g/mol. The number of carbonyl (C=O) groups is 1. The fourth-order valence-corrected chi connectivity index (χ4v) is 1.88. The number of aromatic carboxylic acids is 1. The zero-order valence-corrected chi connectivity index (χ0v) is 13.0. The van der Waals surface area contributed by atoms with Gasteiger partial charge in [0.05, 0.1) is 5.56 Å². The van der Waals surface area contributed by atoms with E-state index < -0.39 is 5.97 Å². The summed E-state index contributed by atoms with van der Waals surface area (Å²) < 4.78 is 0. The van der Waals surface area contributed by atoms with Crippen molar-refractivity contribution in [1.29, 1.82) is 0 Å². The van der Waals surface area contributed by atoms with Crippen LogP contribution in [0.3, 0.4) is 0 Å². The summed E-state index contributed by atoms with van der Waals surface area (Å²) in [5, 5.41) is 9.28. The predicted molar refractivity (Wildman–Crippen MR) is 82.6 cm³/mol. The Morgan fingerprint density at radius 2 is 2.05 bits per heavy atom. The molecule has 1 rings (SSSR count). The molecule has 20 heavy (non-hydrogen) atoms. The molecule has 0 aliphatic carbocycles. The second-order valence-corrected chi connectivity index (χ2v) is 6.19. The van der Waals surface area contributed by atoms with Gasteiger partial charge in [0, 0.05) is 23.7 Å². The van der Waals surface area contributed by atoms with Crippen LogP contribution in [-0.2, 0) is 5.41 Å². The van der Waals surface area contributed by atoms with Crippen molar-refractivity contribution < 1.29 is 9.90 Å². The molecule has 4 heteroatoms. The van der Waals surface area contributed by atoms with E-state index in [0.717, 1.165) is 5.69 Å². The molecule has 110 valence electrons. The quantitative estimate of drug-likeness (QED) is 0.837. The molecule has 0 amide bonds. The van der Waals surface area contributed by atoms with E-state index in [0.29, 0.717) is 12.4 Å². The van der Waals surface area contributed by atoms with Crippen LogP contribution in [0, 0.1) is 0 Å². The summed E-state index contributed by atoms with van der Waals surface area (Å²) in [5.41, 5.74) is 0.855. The summed E-state index contributed by atoms with van der Waals surface area (Å²) in [6.07, 6.45) is 1.80. The highest BCUT2D eigenvalue weighted by Gasteiger charge is 2.21. The smallest absolute Gasteiger partial charge is 0.335 e. The molecular formula is C16H24N2O2. The van der Waals surface area contributed by atoms with Crippen LogP contribution in [-0.4, -0.2) is 28.6 Å². The summed E-state index contributed by atoms with van der Waals surface area (Å²) >= 11 is 0. The van der Waals surface area contributed by atoms with Gasteiger partial charge in [-0.25, -0.2) is 9.78 Å². The normalized spacial score (nSPS) is 11.5. The molecule has 1 N–H and O–H groups in total. The summed E-state index contributed by atoms with van der Waals surface area (Å²) in [6.45, 7) is 14.6. The Hall–Kier alpha value is -1.84. The number of nitrogens with zero attached hydrogens (tertiary/aromatic N) is 2. The number of carboxylic acid groups (broad SMARTS) is 1. The van der Waals surface area contributed by atoms with E-state index in [1.165, 1.54) is 0 Å². The molecule has 1 aromatic rings. The second-order valence-electron chi connectivity index (χ2n) is 6.19. The third-order valence-corrected chi connectivity index (χ3v) is 3.07. The lowest BCUT2D eigenvalue weighted by molar-refractivity contribution is 0.0696. The average Bonchev–Trinajstić information content (AvgIpc) is 2.33. The maximum atomic E-state index is 11.3. The van der Waals surface area contributed by atoms with Crippen LogP contribution in [0.4, 0.5) is 5.82 Å². The average molecular weight is 276 g/mol. The SMILES string of the molecule is C=CCN(c1cc(C(=O)O)cc(C(C)(C)C)n1)C(C)C. The van der Waals surface area contributed by atoms with Gasteiger partial charge in [0.25, 0.3) is 0 Å². The maximum absolute atomic E-state index is 11.3. The van der Waals surface area contributed by atoms with Gasteiger partial charge >= 0.3 is 5.97 Å². The van der Waals surface area contributed by atoms with Gasteiger partial charge in [-0.2, -0.15) is 0 Å². The van der Waals surface area contributed by atoms with Crippen LogP contribution >= 0.6 is 0 Å². The largest absolute Gasteiger partial charge is 0.478 e. The van der Waals surface area contributed by atoms with Crippen molar-refractivity contribution >= 4 is 11.8 Å². The zero-order chi connectivity index (χ0) is 15.5. The van der Waals surface area contributed by atoms with Crippen LogP contribution in [0.25, 0.3) is 0 Å². The summed E-state index contributed by atoms with van der Waals surface area (Å²) in [7, 11) is 0. The number of hydrogen-bond acceptors (Lipinski definition) is 3. The predicted octanol–water partition coefficient (Wildman–Crippen LogP) is 3.48.